The number of carbonyl (C=O) groups excluding carboxylic acids is 1. The molecule has 1 heterocycles. The zero-order valence-electron chi connectivity index (χ0n) is 10.9. The number of hydrogen-bond donors (Lipinski definition) is 0. The van der Waals surface area contributed by atoms with E-state index in [-0.39, 0.29) is 12.0 Å². The number of benzene rings is 1. The fourth-order valence-corrected chi connectivity index (χ4v) is 2.98. The highest BCUT2D eigenvalue weighted by molar-refractivity contribution is 9.11. The highest BCUT2D eigenvalue weighted by Crippen LogP contribution is 2.23. The molecule has 1 aliphatic heterocycles. The summed E-state index contributed by atoms with van der Waals surface area (Å²) in [6.07, 6.45) is 3.53. The van der Waals surface area contributed by atoms with Gasteiger partial charge in [-0.05, 0) is 53.4 Å². The summed E-state index contributed by atoms with van der Waals surface area (Å²) in [7, 11) is 1.83. The Morgan fingerprint density at radius 1 is 1.42 bits per heavy atom. The van der Waals surface area contributed by atoms with Crippen LogP contribution in [-0.2, 0) is 4.74 Å². The Kier molecular flexibility index (Phi) is 5.42. The van der Waals surface area contributed by atoms with Crippen LogP contribution in [0.4, 0.5) is 0 Å². The SMILES string of the molecule is CN(CC1CCCCO1)C(=O)c1cc(Br)ccc1Br. The van der Waals surface area contributed by atoms with E-state index in [1.807, 2.05) is 25.2 Å². The zero-order chi connectivity index (χ0) is 13.8. The predicted octanol–water partition coefficient (Wildman–Crippen LogP) is 3.85. The zero-order valence-corrected chi connectivity index (χ0v) is 14.0. The van der Waals surface area contributed by atoms with Crippen LogP contribution >= 0.6 is 31.9 Å². The maximum atomic E-state index is 12.4. The van der Waals surface area contributed by atoms with E-state index in [0.29, 0.717) is 12.1 Å². The van der Waals surface area contributed by atoms with Gasteiger partial charge in [0, 0.05) is 29.1 Å². The minimum absolute atomic E-state index is 0.0161. The highest BCUT2D eigenvalue weighted by atomic mass is 79.9. The maximum absolute atomic E-state index is 12.4. The topological polar surface area (TPSA) is 29.5 Å². The van der Waals surface area contributed by atoms with E-state index < -0.39 is 0 Å². The Morgan fingerprint density at radius 3 is 2.89 bits per heavy atom. The van der Waals surface area contributed by atoms with Gasteiger partial charge < -0.3 is 9.64 Å². The smallest absolute Gasteiger partial charge is 0.254 e. The summed E-state index contributed by atoms with van der Waals surface area (Å²) in [5.41, 5.74) is 0.674. The van der Waals surface area contributed by atoms with E-state index in [1.54, 1.807) is 4.90 Å². The van der Waals surface area contributed by atoms with Crippen LogP contribution in [0.5, 0.6) is 0 Å². The Balaban J connectivity index is 2.03. The van der Waals surface area contributed by atoms with Crippen molar-refractivity contribution in [2.24, 2.45) is 0 Å². The van der Waals surface area contributed by atoms with Gasteiger partial charge in [0.1, 0.15) is 0 Å². The molecular weight excluding hydrogens is 374 g/mol. The van der Waals surface area contributed by atoms with Gasteiger partial charge >= 0.3 is 0 Å². The molecule has 2 rings (SSSR count). The summed E-state index contributed by atoms with van der Waals surface area (Å²) in [6, 6.07) is 5.62. The normalized spacial score (nSPS) is 19.2. The van der Waals surface area contributed by atoms with Gasteiger partial charge in [-0.15, -0.1) is 0 Å². The molecule has 1 unspecified atom stereocenters. The number of nitrogens with zero attached hydrogens (tertiary/aromatic N) is 1. The molecule has 0 N–H and O–H groups in total. The van der Waals surface area contributed by atoms with Gasteiger partial charge in [0.25, 0.3) is 5.91 Å². The molecule has 5 heteroatoms. The van der Waals surface area contributed by atoms with E-state index in [0.717, 1.165) is 28.4 Å². The molecule has 0 aromatic heterocycles. The molecule has 0 aliphatic carbocycles. The van der Waals surface area contributed by atoms with Crippen LogP contribution in [0, 0.1) is 0 Å². The summed E-state index contributed by atoms with van der Waals surface area (Å²) < 4.78 is 7.39. The Morgan fingerprint density at radius 2 is 2.21 bits per heavy atom. The molecule has 0 spiro atoms. The number of likely N-dealkylation sites (N-methyl/N-ethyl adjacent to an activating group) is 1. The molecule has 0 saturated carbocycles. The van der Waals surface area contributed by atoms with Crippen LogP contribution < -0.4 is 0 Å². The van der Waals surface area contributed by atoms with Crippen molar-refractivity contribution in [3.8, 4) is 0 Å². The van der Waals surface area contributed by atoms with Gasteiger partial charge in [0.2, 0.25) is 0 Å². The van der Waals surface area contributed by atoms with Crippen LogP contribution in [-0.4, -0.2) is 37.1 Å². The number of carbonyl (C=O) groups is 1. The Bertz CT molecular complexity index is 459. The number of ether oxygens (including phenoxy) is 1. The van der Waals surface area contributed by atoms with E-state index in [9.17, 15) is 4.79 Å². The molecule has 1 amide bonds. The molecule has 19 heavy (non-hydrogen) atoms. The maximum Gasteiger partial charge on any atom is 0.254 e. The predicted molar refractivity (Wildman–Crippen MR) is 82.4 cm³/mol. The average molecular weight is 391 g/mol. The first-order valence-electron chi connectivity index (χ1n) is 6.40. The fourth-order valence-electron chi connectivity index (χ4n) is 2.21. The summed E-state index contributed by atoms with van der Waals surface area (Å²) >= 11 is 6.82. The van der Waals surface area contributed by atoms with Crippen molar-refractivity contribution in [1.82, 2.24) is 4.90 Å². The highest BCUT2D eigenvalue weighted by Gasteiger charge is 2.21. The Hall–Kier alpha value is -0.390. The molecule has 1 fully saturated rings. The first kappa shape index (κ1) is 15.0. The minimum atomic E-state index is 0.0161. The fraction of sp³-hybridized carbons (Fsp3) is 0.500. The van der Waals surface area contributed by atoms with Crippen molar-refractivity contribution in [3.05, 3.63) is 32.7 Å². The number of halogens is 2. The summed E-state index contributed by atoms with van der Waals surface area (Å²) in [6.45, 7) is 1.46. The van der Waals surface area contributed by atoms with E-state index in [1.165, 1.54) is 6.42 Å². The molecule has 1 aromatic rings. The standard InChI is InChI=1S/C14H17Br2NO2/c1-17(9-11-4-2-3-7-19-11)14(18)12-8-10(15)5-6-13(12)16/h5-6,8,11H,2-4,7,9H2,1H3. The molecule has 1 aromatic carbocycles. The van der Waals surface area contributed by atoms with Crippen LogP contribution in [0.3, 0.4) is 0 Å². The molecule has 3 nitrogen and oxygen atoms in total. The Labute approximate surface area is 130 Å². The van der Waals surface area contributed by atoms with Crippen LogP contribution in [0.25, 0.3) is 0 Å². The molecule has 104 valence electrons. The molecule has 1 aliphatic rings. The lowest BCUT2D eigenvalue weighted by Gasteiger charge is -2.27. The third-order valence-electron chi connectivity index (χ3n) is 3.26. The molecule has 1 saturated heterocycles. The summed E-state index contributed by atoms with van der Waals surface area (Å²) in [4.78, 5) is 14.1. The van der Waals surface area contributed by atoms with Gasteiger partial charge in [-0.25, -0.2) is 0 Å². The summed E-state index contributed by atoms with van der Waals surface area (Å²) in [5.74, 6) is 0.0161. The van der Waals surface area contributed by atoms with Gasteiger partial charge in [-0.3, -0.25) is 4.79 Å². The first-order valence-corrected chi connectivity index (χ1v) is 7.98. The van der Waals surface area contributed by atoms with Crippen molar-refractivity contribution in [2.75, 3.05) is 20.2 Å². The van der Waals surface area contributed by atoms with Gasteiger partial charge in [0.15, 0.2) is 0 Å². The molecule has 1 atom stereocenters. The second-order valence-electron chi connectivity index (χ2n) is 4.80. The largest absolute Gasteiger partial charge is 0.376 e. The van der Waals surface area contributed by atoms with Gasteiger partial charge in [-0.2, -0.15) is 0 Å². The minimum Gasteiger partial charge on any atom is -0.376 e. The first-order chi connectivity index (χ1) is 9.08. The van der Waals surface area contributed by atoms with Crippen molar-refractivity contribution < 1.29 is 9.53 Å². The van der Waals surface area contributed by atoms with Crippen LogP contribution in [0.15, 0.2) is 27.1 Å². The van der Waals surface area contributed by atoms with E-state index in [2.05, 4.69) is 31.9 Å². The lowest BCUT2D eigenvalue weighted by atomic mass is 10.1. The van der Waals surface area contributed by atoms with E-state index in [4.69, 9.17) is 4.74 Å². The lowest BCUT2D eigenvalue weighted by Crippen LogP contribution is -2.37. The number of rotatable bonds is 3. The van der Waals surface area contributed by atoms with Gasteiger partial charge in [0.05, 0.1) is 11.7 Å². The van der Waals surface area contributed by atoms with E-state index >= 15 is 0 Å². The van der Waals surface area contributed by atoms with Crippen molar-refractivity contribution >= 4 is 37.8 Å². The monoisotopic (exact) mass is 389 g/mol. The molecule has 0 bridgehead atoms. The third-order valence-corrected chi connectivity index (χ3v) is 4.44. The third kappa shape index (κ3) is 4.04. The number of hydrogen-bond acceptors (Lipinski definition) is 2. The van der Waals surface area contributed by atoms with Gasteiger partial charge in [-0.1, -0.05) is 15.9 Å². The number of amides is 1. The second-order valence-corrected chi connectivity index (χ2v) is 6.57. The van der Waals surface area contributed by atoms with Crippen molar-refractivity contribution in [3.63, 3.8) is 0 Å². The van der Waals surface area contributed by atoms with Crippen LogP contribution in [0.1, 0.15) is 29.6 Å². The second kappa shape index (κ2) is 6.86. The molecular formula is C14H17Br2NO2. The van der Waals surface area contributed by atoms with Crippen molar-refractivity contribution in [2.45, 2.75) is 25.4 Å². The lowest BCUT2D eigenvalue weighted by molar-refractivity contribution is -0.000205. The molecule has 0 radical (unpaired) electrons. The average Bonchev–Trinajstić information content (AvgIpc) is 2.42. The van der Waals surface area contributed by atoms with Crippen LogP contribution in [0.2, 0.25) is 0 Å². The quantitative estimate of drug-likeness (QED) is 0.784. The van der Waals surface area contributed by atoms with Crippen molar-refractivity contribution in [1.29, 1.82) is 0 Å². The summed E-state index contributed by atoms with van der Waals surface area (Å²) in [5, 5.41) is 0.